The van der Waals surface area contributed by atoms with Gasteiger partial charge in [0.25, 0.3) is 0 Å². The van der Waals surface area contributed by atoms with Gasteiger partial charge in [0, 0.05) is 0 Å². The van der Waals surface area contributed by atoms with Crippen LogP contribution in [-0.2, 0) is 0 Å². The van der Waals surface area contributed by atoms with Crippen LogP contribution in [0.15, 0.2) is 0 Å². The van der Waals surface area contributed by atoms with Gasteiger partial charge in [0.1, 0.15) is 0 Å². The smallest absolute Gasteiger partial charge is 0.0391 e. The van der Waals surface area contributed by atoms with Crippen LogP contribution in [0.3, 0.4) is 0 Å². The quantitative estimate of drug-likeness (QED) is 0.542. The normalized spacial score (nSPS) is 16.4. The minimum atomic E-state index is 0.887. The molecule has 0 aromatic carbocycles. The Labute approximate surface area is 72.4 Å². The average molecular weight is 155 g/mol. The molecule has 0 saturated heterocycles. The first kappa shape index (κ1) is 11.0. The Morgan fingerprint density at radius 2 is 1.82 bits per heavy atom. The first-order valence-electron chi connectivity index (χ1n) is 5.05. The highest BCUT2D eigenvalue weighted by atomic mass is 14.2. The second-order valence-electron chi connectivity index (χ2n) is 3.58. The van der Waals surface area contributed by atoms with Gasteiger partial charge in [-0.05, 0) is 11.8 Å². The lowest BCUT2D eigenvalue weighted by molar-refractivity contribution is 0.307. The minimum Gasteiger partial charge on any atom is -0.0654 e. The van der Waals surface area contributed by atoms with Crippen LogP contribution in [-0.4, -0.2) is 0 Å². The van der Waals surface area contributed by atoms with Gasteiger partial charge in [0.15, 0.2) is 0 Å². The highest BCUT2D eigenvalue weighted by molar-refractivity contribution is 4.65. The van der Waals surface area contributed by atoms with Crippen molar-refractivity contribution in [1.82, 2.24) is 0 Å². The van der Waals surface area contributed by atoms with E-state index < -0.39 is 0 Å². The van der Waals surface area contributed by atoms with Crippen LogP contribution < -0.4 is 0 Å². The van der Waals surface area contributed by atoms with E-state index in [2.05, 4.69) is 27.7 Å². The van der Waals surface area contributed by atoms with E-state index in [1.165, 1.54) is 25.7 Å². The molecule has 67 valence electrons. The molecule has 11 heavy (non-hydrogen) atoms. The van der Waals surface area contributed by atoms with Gasteiger partial charge in [0.05, 0.1) is 0 Å². The van der Waals surface area contributed by atoms with Crippen molar-refractivity contribution in [2.45, 2.75) is 52.9 Å². The summed E-state index contributed by atoms with van der Waals surface area (Å²) in [4.78, 5) is 0. The van der Waals surface area contributed by atoms with Crippen LogP contribution in [0.2, 0.25) is 0 Å². The molecule has 0 bridgehead atoms. The van der Waals surface area contributed by atoms with Crippen LogP contribution in [0.1, 0.15) is 52.9 Å². The summed E-state index contributed by atoms with van der Waals surface area (Å²) in [6.07, 6.45) is 6.48. The summed E-state index contributed by atoms with van der Waals surface area (Å²) >= 11 is 0. The van der Waals surface area contributed by atoms with Crippen LogP contribution in [0.25, 0.3) is 0 Å². The largest absolute Gasteiger partial charge is 0.0654 e. The van der Waals surface area contributed by atoms with E-state index in [9.17, 15) is 0 Å². The summed E-state index contributed by atoms with van der Waals surface area (Å²) in [6.45, 7) is 10.9. The van der Waals surface area contributed by atoms with E-state index in [-0.39, 0.29) is 0 Å². The molecule has 1 radical (unpaired) electrons. The predicted molar refractivity (Wildman–Crippen MR) is 52.4 cm³/mol. The van der Waals surface area contributed by atoms with Gasteiger partial charge < -0.3 is 0 Å². The molecule has 0 heterocycles. The van der Waals surface area contributed by atoms with Gasteiger partial charge in [-0.3, -0.25) is 0 Å². The lowest BCUT2D eigenvalue weighted by atomic mass is 9.85. The van der Waals surface area contributed by atoms with Crippen molar-refractivity contribution in [3.63, 3.8) is 0 Å². The molecule has 0 aliphatic rings. The molecule has 0 aromatic heterocycles. The molecule has 0 fully saturated rings. The van der Waals surface area contributed by atoms with Crippen LogP contribution >= 0.6 is 0 Å². The summed E-state index contributed by atoms with van der Waals surface area (Å²) < 4.78 is 0. The van der Waals surface area contributed by atoms with Crippen molar-refractivity contribution in [1.29, 1.82) is 0 Å². The maximum atomic E-state index is 3.90. The van der Waals surface area contributed by atoms with Crippen LogP contribution in [0.4, 0.5) is 0 Å². The number of hydrogen-bond acceptors (Lipinski definition) is 0. The van der Waals surface area contributed by atoms with E-state index in [0.29, 0.717) is 0 Å². The van der Waals surface area contributed by atoms with Gasteiger partial charge in [-0.15, -0.1) is 0 Å². The topological polar surface area (TPSA) is 0 Å². The Balaban J connectivity index is 3.61. The Morgan fingerprint density at radius 3 is 2.18 bits per heavy atom. The monoisotopic (exact) mass is 155 g/mol. The zero-order valence-electron chi connectivity index (χ0n) is 8.40. The first-order valence-corrected chi connectivity index (χ1v) is 5.05. The van der Waals surface area contributed by atoms with Gasteiger partial charge in [-0.1, -0.05) is 59.8 Å². The second-order valence-corrected chi connectivity index (χ2v) is 3.58. The molecule has 0 aliphatic heterocycles. The van der Waals surface area contributed by atoms with E-state index in [1.807, 2.05) is 0 Å². The van der Waals surface area contributed by atoms with Gasteiger partial charge in [0.2, 0.25) is 0 Å². The maximum absolute atomic E-state index is 3.90. The van der Waals surface area contributed by atoms with Crippen molar-refractivity contribution in [3.05, 3.63) is 6.92 Å². The Morgan fingerprint density at radius 1 is 1.18 bits per heavy atom. The summed E-state index contributed by atoms with van der Waals surface area (Å²) in [6, 6.07) is 0. The third-order valence-electron chi connectivity index (χ3n) is 2.65. The zero-order chi connectivity index (χ0) is 8.69. The molecule has 0 aliphatic carbocycles. The van der Waals surface area contributed by atoms with E-state index in [1.54, 1.807) is 0 Å². The SMILES string of the molecule is [CH2]CCC(C)C(CC)CCC. The fourth-order valence-corrected chi connectivity index (χ4v) is 1.82. The maximum Gasteiger partial charge on any atom is -0.0391 e. The van der Waals surface area contributed by atoms with Crippen molar-refractivity contribution >= 4 is 0 Å². The highest BCUT2D eigenvalue weighted by Gasteiger charge is 2.12. The Kier molecular flexibility index (Phi) is 6.69. The van der Waals surface area contributed by atoms with Gasteiger partial charge in [-0.25, -0.2) is 0 Å². The lowest BCUT2D eigenvalue weighted by Gasteiger charge is -2.21. The highest BCUT2D eigenvalue weighted by Crippen LogP contribution is 2.24. The fourth-order valence-electron chi connectivity index (χ4n) is 1.82. The molecule has 0 nitrogen and oxygen atoms in total. The summed E-state index contributed by atoms with van der Waals surface area (Å²) in [5.41, 5.74) is 0. The molecular weight excluding hydrogens is 132 g/mol. The summed E-state index contributed by atoms with van der Waals surface area (Å²) in [5.74, 6) is 1.83. The van der Waals surface area contributed by atoms with Crippen molar-refractivity contribution < 1.29 is 0 Å². The lowest BCUT2D eigenvalue weighted by Crippen LogP contribution is -2.10. The van der Waals surface area contributed by atoms with E-state index in [4.69, 9.17) is 0 Å². The molecule has 0 heteroatoms. The van der Waals surface area contributed by atoms with Crippen molar-refractivity contribution in [2.75, 3.05) is 0 Å². The number of hydrogen-bond donors (Lipinski definition) is 0. The molecule has 0 amide bonds. The molecule has 2 unspecified atom stereocenters. The standard InChI is InChI=1S/C11H23/c1-5-8-10(4)11(7-3)9-6-2/h10-11H,1,5-9H2,2-4H3. The summed E-state index contributed by atoms with van der Waals surface area (Å²) in [5, 5.41) is 0. The predicted octanol–water partition coefficient (Wildman–Crippen LogP) is 4.06. The molecule has 0 aromatic rings. The van der Waals surface area contributed by atoms with Crippen molar-refractivity contribution in [3.8, 4) is 0 Å². The number of rotatable bonds is 6. The van der Waals surface area contributed by atoms with E-state index in [0.717, 1.165) is 18.3 Å². The molecule has 0 N–H and O–H groups in total. The second kappa shape index (κ2) is 6.69. The molecule has 0 spiro atoms. The minimum absolute atomic E-state index is 0.887. The molecular formula is C11H23. The van der Waals surface area contributed by atoms with Crippen LogP contribution in [0.5, 0.6) is 0 Å². The summed E-state index contributed by atoms with van der Waals surface area (Å²) in [7, 11) is 0. The zero-order valence-corrected chi connectivity index (χ0v) is 8.40. The Hall–Kier alpha value is 0. The van der Waals surface area contributed by atoms with Gasteiger partial charge >= 0.3 is 0 Å². The average Bonchev–Trinajstić information content (AvgIpc) is 2.00. The Bertz CT molecular complexity index is 76.1. The molecule has 0 saturated carbocycles. The van der Waals surface area contributed by atoms with E-state index >= 15 is 0 Å². The van der Waals surface area contributed by atoms with Gasteiger partial charge in [-0.2, -0.15) is 0 Å². The fraction of sp³-hybridized carbons (Fsp3) is 0.909. The molecule has 2 atom stereocenters. The third kappa shape index (κ3) is 4.44. The molecule has 0 rings (SSSR count). The van der Waals surface area contributed by atoms with Crippen molar-refractivity contribution in [2.24, 2.45) is 11.8 Å². The van der Waals surface area contributed by atoms with Crippen LogP contribution in [0, 0.1) is 18.8 Å². The first-order chi connectivity index (χ1) is 5.26. The third-order valence-corrected chi connectivity index (χ3v) is 2.65.